The van der Waals surface area contributed by atoms with Crippen molar-refractivity contribution in [3.05, 3.63) is 64.7 Å². The van der Waals surface area contributed by atoms with Gasteiger partial charge in [-0.05, 0) is 68.4 Å². The molecule has 1 aliphatic heterocycles. The Kier molecular flexibility index (Phi) is 6.92. The lowest BCUT2D eigenvalue weighted by Gasteiger charge is -2.26. The van der Waals surface area contributed by atoms with Crippen LogP contribution in [0.25, 0.3) is 5.69 Å². The van der Waals surface area contributed by atoms with Crippen LogP contribution in [-0.4, -0.2) is 39.9 Å². The first-order valence-corrected chi connectivity index (χ1v) is 11.4. The van der Waals surface area contributed by atoms with Gasteiger partial charge in [-0.3, -0.25) is 9.47 Å². The molecule has 1 aliphatic rings. The zero-order chi connectivity index (χ0) is 20.9. The van der Waals surface area contributed by atoms with E-state index in [-0.39, 0.29) is 5.82 Å². The molecule has 2 heterocycles. The average Bonchev–Trinajstić information content (AvgIpc) is 3.16. The van der Waals surface area contributed by atoms with E-state index in [0.29, 0.717) is 10.8 Å². The molecule has 2 aromatic carbocycles. The van der Waals surface area contributed by atoms with Crippen LogP contribution in [0.1, 0.15) is 30.7 Å². The van der Waals surface area contributed by atoms with Crippen LogP contribution in [-0.2, 0) is 12.3 Å². The molecular weight excluding hydrogens is 423 g/mol. The zero-order valence-corrected chi connectivity index (χ0v) is 18.4. The molecule has 0 saturated carbocycles. The molecule has 3 aromatic rings. The smallest absolute Gasteiger partial charge is 0.196 e. The van der Waals surface area contributed by atoms with Gasteiger partial charge < -0.3 is 4.74 Å². The highest BCUT2D eigenvalue weighted by molar-refractivity contribution is 7.98. The van der Waals surface area contributed by atoms with E-state index in [1.807, 2.05) is 22.8 Å². The minimum absolute atomic E-state index is 0.262. The quantitative estimate of drug-likeness (QED) is 0.458. The Balaban J connectivity index is 1.62. The minimum atomic E-state index is -0.262. The highest BCUT2D eigenvalue weighted by atomic mass is 35.5. The number of likely N-dealkylation sites (tertiary alicyclic amines) is 1. The first-order chi connectivity index (χ1) is 14.6. The zero-order valence-electron chi connectivity index (χ0n) is 16.9. The summed E-state index contributed by atoms with van der Waals surface area (Å²) in [5, 5.41) is 10.4. The van der Waals surface area contributed by atoms with Crippen molar-refractivity contribution in [3.8, 4) is 11.4 Å². The van der Waals surface area contributed by atoms with Crippen LogP contribution in [0.3, 0.4) is 0 Å². The fraction of sp³-hybridized carbons (Fsp3) is 0.364. The molecule has 0 atom stereocenters. The molecular formula is C22H24ClFN4OS. The molecule has 0 N–H and O–H groups in total. The molecule has 1 saturated heterocycles. The number of hydrogen-bond acceptors (Lipinski definition) is 5. The molecule has 0 radical (unpaired) electrons. The Hall–Kier alpha value is -2.09. The summed E-state index contributed by atoms with van der Waals surface area (Å²) in [6.07, 6.45) is 3.70. The summed E-state index contributed by atoms with van der Waals surface area (Å²) in [4.78, 5) is 2.40. The van der Waals surface area contributed by atoms with Crippen LogP contribution >= 0.6 is 23.4 Å². The van der Waals surface area contributed by atoms with Crippen LogP contribution in [0.5, 0.6) is 5.75 Å². The van der Waals surface area contributed by atoms with Crippen molar-refractivity contribution >= 4 is 23.4 Å². The van der Waals surface area contributed by atoms with E-state index in [9.17, 15) is 4.39 Å². The summed E-state index contributed by atoms with van der Waals surface area (Å²) in [5.41, 5.74) is 1.84. The third-order valence-electron chi connectivity index (χ3n) is 5.20. The maximum absolute atomic E-state index is 13.5. The topological polar surface area (TPSA) is 43.2 Å². The number of rotatable bonds is 7. The predicted octanol–water partition coefficient (Wildman–Crippen LogP) is 5.35. The molecule has 0 bridgehead atoms. The average molecular weight is 447 g/mol. The molecule has 8 heteroatoms. The van der Waals surface area contributed by atoms with Gasteiger partial charge in [-0.2, -0.15) is 0 Å². The number of halogens is 2. The van der Waals surface area contributed by atoms with E-state index in [1.165, 1.54) is 31.4 Å². The molecule has 158 valence electrons. The van der Waals surface area contributed by atoms with Gasteiger partial charge in [0.05, 0.1) is 13.7 Å². The highest BCUT2D eigenvalue weighted by Crippen LogP contribution is 2.31. The van der Waals surface area contributed by atoms with Crippen molar-refractivity contribution in [1.29, 1.82) is 0 Å². The van der Waals surface area contributed by atoms with Crippen molar-refractivity contribution in [1.82, 2.24) is 19.7 Å². The van der Waals surface area contributed by atoms with Gasteiger partial charge in [-0.1, -0.05) is 29.8 Å². The van der Waals surface area contributed by atoms with E-state index in [2.05, 4.69) is 15.1 Å². The number of aromatic nitrogens is 3. The SMILES string of the molecule is COc1ccc(Cl)cc1CSc1nnc(CN2CCCCC2)n1-c1ccc(F)cc1. The molecule has 30 heavy (non-hydrogen) atoms. The summed E-state index contributed by atoms with van der Waals surface area (Å²) in [5.74, 6) is 2.02. The molecule has 5 nitrogen and oxygen atoms in total. The predicted molar refractivity (Wildman–Crippen MR) is 118 cm³/mol. The number of hydrogen-bond donors (Lipinski definition) is 0. The Labute approximate surface area is 185 Å². The standard InChI is InChI=1S/C22H24ClFN4OS/c1-29-20-10-5-17(23)13-16(20)15-30-22-26-25-21(14-27-11-3-2-4-12-27)28(22)19-8-6-18(24)7-9-19/h5-10,13H,2-4,11-12,14-15H2,1H3. The van der Waals surface area contributed by atoms with Gasteiger partial charge in [0.1, 0.15) is 11.6 Å². The second-order valence-corrected chi connectivity index (χ2v) is 8.67. The Morgan fingerprint density at radius 1 is 1.07 bits per heavy atom. The van der Waals surface area contributed by atoms with Gasteiger partial charge in [0.2, 0.25) is 0 Å². The first-order valence-electron chi connectivity index (χ1n) is 10.0. The number of benzene rings is 2. The van der Waals surface area contributed by atoms with Crippen molar-refractivity contribution in [2.45, 2.75) is 36.7 Å². The lowest BCUT2D eigenvalue weighted by molar-refractivity contribution is 0.214. The van der Waals surface area contributed by atoms with E-state index < -0.39 is 0 Å². The summed E-state index contributed by atoms with van der Waals surface area (Å²) < 4.78 is 21.0. The first kappa shape index (κ1) is 21.2. The van der Waals surface area contributed by atoms with Crippen LogP contribution < -0.4 is 4.74 Å². The molecule has 4 rings (SSSR count). The third kappa shape index (κ3) is 4.96. The lowest BCUT2D eigenvalue weighted by atomic mass is 10.1. The molecule has 1 aromatic heterocycles. The number of piperidine rings is 1. The monoisotopic (exact) mass is 446 g/mol. The van der Waals surface area contributed by atoms with Crippen molar-refractivity contribution < 1.29 is 9.13 Å². The second-order valence-electron chi connectivity index (χ2n) is 7.29. The van der Waals surface area contributed by atoms with E-state index in [1.54, 1.807) is 31.0 Å². The third-order valence-corrected chi connectivity index (χ3v) is 6.41. The number of thioether (sulfide) groups is 1. The number of nitrogens with zero attached hydrogens (tertiary/aromatic N) is 4. The van der Waals surface area contributed by atoms with Crippen LogP contribution in [0.4, 0.5) is 4.39 Å². The van der Waals surface area contributed by atoms with Crippen LogP contribution in [0.2, 0.25) is 5.02 Å². The van der Waals surface area contributed by atoms with E-state index in [4.69, 9.17) is 16.3 Å². The van der Waals surface area contributed by atoms with Crippen molar-refractivity contribution in [2.75, 3.05) is 20.2 Å². The number of methoxy groups -OCH3 is 1. The molecule has 0 aliphatic carbocycles. The van der Waals surface area contributed by atoms with E-state index in [0.717, 1.165) is 47.6 Å². The summed E-state index contributed by atoms with van der Waals surface area (Å²) in [6, 6.07) is 12.0. The maximum atomic E-state index is 13.5. The van der Waals surface area contributed by atoms with Crippen LogP contribution in [0.15, 0.2) is 47.6 Å². The Morgan fingerprint density at radius 3 is 2.57 bits per heavy atom. The van der Waals surface area contributed by atoms with Crippen molar-refractivity contribution in [2.24, 2.45) is 0 Å². The van der Waals surface area contributed by atoms with Gasteiger partial charge in [0.25, 0.3) is 0 Å². The minimum Gasteiger partial charge on any atom is -0.496 e. The van der Waals surface area contributed by atoms with E-state index >= 15 is 0 Å². The summed E-state index contributed by atoms with van der Waals surface area (Å²) >= 11 is 7.73. The van der Waals surface area contributed by atoms with Gasteiger partial charge in [-0.25, -0.2) is 4.39 Å². The van der Waals surface area contributed by atoms with Gasteiger partial charge in [0, 0.05) is 22.0 Å². The largest absolute Gasteiger partial charge is 0.496 e. The van der Waals surface area contributed by atoms with Gasteiger partial charge >= 0.3 is 0 Å². The number of ether oxygens (including phenoxy) is 1. The Bertz CT molecular complexity index is 989. The Morgan fingerprint density at radius 2 is 1.83 bits per heavy atom. The summed E-state index contributed by atoms with van der Waals surface area (Å²) in [7, 11) is 1.65. The lowest BCUT2D eigenvalue weighted by Crippen LogP contribution is -2.30. The van der Waals surface area contributed by atoms with Crippen molar-refractivity contribution in [3.63, 3.8) is 0 Å². The fourth-order valence-electron chi connectivity index (χ4n) is 3.67. The summed E-state index contributed by atoms with van der Waals surface area (Å²) in [6.45, 7) is 2.86. The van der Waals surface area contributed by atoms with Gasteiger partial charge in [-0.15, -0.1) is 10.2 Å². The highest BCUT2D eigenvalue weighted by Gasteiger charge is 2.19. The maximum Gasteiger partial charge on any atom is 0.196 e. The van der Waals surface area contributed by atoms with Crippen LogP contribution in [0, 0.1) is 5.82 Å². The molecule has 1 fully saturated rings. The molecule has 0 amide bonds. The normalized spacial score (nSPS) is 14.8. The molecule has 0 spiro atoms. The fourth-order valence-corrected chi connectivity index (χ4v) is 4.81. The van der Waals surface area contributed by atoms with Gasteiger partial charge in [0.15, 0.2) is 11.0 Å². The molecule has 0 unspecified atom stereocenters. The second kappa shape index (κ2) is 9.81.